The molecule has 4 heterocycles. The lowest BCUT2D eigenvalue weighted by molar-refractivity contribution is -0.126. The summed E-state index contributed by atoms with van der Waals surface area (Å²) in [6, 6.07) is 0. The van der Waals surface area contributed by atoms with Crippen LogP contribution in [0.3, 0.4) is 0 Å². The maximum Gasteiger partial charge on any atom is 0.410 e. The minimum Gasteiger partial charge on any atom is -0.494 e. The highest BCUT2D eigenvalue weighted by molar-refractivity contribution is 6.40. The summed E-state index contributed by atoms with van der Waals surface area (Å²) in [4.78, 5) is 36.2. The van der Waals surface area contributed by atoms with Crippen LogP contribution in [0.1, 0.15) is 59.3 Å². The zero-order chi connectivity index (χ0) is 25.2. The normalized spacial score (nSPS) is 22.6. The number of ketones is 2. The lowest BCUT2D eigenvalue weighted by Crippen LogP contribution is -2.50. The fourth-order valence-corrected chi connectivity index (χ4v) is 4.24. The molecule has 0 unspecified atom stereocenters. The Morgan fingerprint density at radius 3 is 1.82 bits per heavy atom. The Morgan fingerprint density at radius 1 is 0.971 bits per heavy atom. The van der Waals surface area contributed by atoms with Gasteiger partial charge in [-0.05, 0) is 33.9 Å². The smallest absolute Gasteiger partial charge is 0.410 e. The van der Waals surface area contributed by atoms with E-state index in [0.29, 0.717) is 38.8 Å². The molecule has 4 aliphatic heterocycles. The predicted molar refractivity (Wildman–Crippen MR) is 131 cm³/mol. The van der Waals surface area contributed by atoms with Crippen molar-refractivity contribution in [2.24, 2.45) is 0 Å². The SMILES string of the molecule is CC(C)(C)OC(=O)N1CCC2(CC1)CC(=O)C=CO2.ClCCl.O=C1C=COC2(CCNCC2)C1. The van der Waals surface area contributed by atoms with E-state index in [1.54, 1.807) is 11.2 Å². The number of amides is 1. The molecule has 0 aromatic carbocycles. The third kappa shape index (κ3) is 9.12. The van der Waals surface area contributed by atoms with Gasteiger partial charge >= 0.3 is 6.09 Å². The van der Waals surface area contributed by atoms with Crippen LogP contribution in [0.15, 0.2) is 24.7 Å². The van der Waals surface area contributed by atoms with Crippen LogP contribution in [-0.2, 0) is 23.8 Å². The standard InChI is InChI=1S/C14H21NO4.C9H13NO2.CH2Cl2/c1-13(2,3)19-12(17)15-7-5-14(6-8-15)10-11(16)4-9-18-14;11-8-1-6-12-9(7-8)2-4-10-5-3-9;2-1-3/h4,9H,5-8,10H2,1-3H3;1,6,10H,2-5,7H2;1H2. The number of hydrogen-bond acceptors (Lipinski definition) is 7. The zero-order valence-electron chi connectivity index (χ0n) is 20.2. The third-order valence-corrected chi connectivity index (χ3v) is 5.98. The Hall–Kier alpha value is -1.77. The van der Waals surface area contributed by atoms with Gasteiger partial charge in [0.05, 0.1) is 30.7 Å². The molecule has 2 saturated heterocycles. The monoisotopic (exact) mass is 518 g/mol. The molecule has 0 radical (unpaired) electrons. The van der Waals surface area contributed by atoms with Crippen LogP contribution in [0.5, 0.6) is 0 Å². The van der Waals surface area contributed by atoms with Crippen LogP contribution in [0.25, 0.3) is 0 Å². The number of likely N-dealkylation sites (tertiary alicyclic amines) is 1. The number of carbonyl (C=O) groups excluding carboxylic acids is 3. The maximum atomic E-state index is 11.9. The van der Waals surface area contributed by atoms with E-state index in [1.807, 2.05) is 20.8 Å². The number of nitrogens with zero attached hydrogens (tertiary/aromatic N) is 1. The predicted octanol–water partition coefficient (Wildman–Crippen LogP) is 4.29. The molecule has 4 aliphatic rings. The van der Waals surface area contributed by atoms with Crippen LogP contribution in [0, 0.1) is 0 Å². The number of piperidine rings is 2. The molecule has 0 aromatic rings. The van der Waals surface area contributed by atoms with E-state index < -0.39 is 11.2 Å². The van der Waals surface area contributed by atoms with Crippen molar-refractivity contribution in [3.63, 3.8) is 0 Å². The van der Waals surface area contributed by atoms with Gasteiger partial charge in [0.15, 0.2) is 11.6 Å². The summed E-state index contributed by atoms with van der Waals surface area (Å²) in [7, 11) is 0. The van der Waals surface area contributed by atoms with Gasteiger partial charge in [-0.15, -0.1) is 23.2 Å². The number of alkyl halides is 2. The third-order valence-electron chi connectivity index (χ3n) is 5.98. The van der Waals surface area contributed by atoms with E-state index in [9.17, 15) is 14.4 Å². The molecule has 0 aromatic heterocycles. The molecule has 2 spiro atoms. The van der Waals surface area contributed by atoms with Crippen molar-refractivity contribution in [1.82, 2.24) is 10.2 Å². The van der Waals surface area contributed by atoms with Crippen LogP contribution < -0.4 is 5.32 Å². The van der Waals surface area contributed by atoms with Crippen LogP contribution in [0.2, 0.25) is 0 Å². The number of carbonyl (C=O) groups is 3. The van der Waals surface area contributed by atoms with E-state index >= 15 is 0 Å². The van der Waals surface area contributed by atoms with Crippen molar-refractivity contribution < 1.29 is 28.6 Å². The van der Waals surface area contributed by atoms with Crippen molar-refractivity contribution in [2.75, 3.05) is 31.5 Å². The summed E-state index contributed by atoms with van der Waals surface area (Å²) < 4.78 is 16.5. The molecule has 2 fully saturated rings. The second kappa shape index (κ2) is 12.8. The summed E-state index contributed by atoms with van der Waals surface area (Å²) in [5, 5.41) is 3.45. The molecular formula is C24H36Cl2N2O6. The quantitative estimate of drug-likeness (QED) is 0.477. The molecule has 34 heavy (non-hydrogen) atoms. The number of hydrogen-bond donors (Lipinski definition) is 1. The Labute approximate surface area is 211 Å². The van der Waals surface area contributed by atoms with Crippen LogP contribution in [-0.4, -0.2) is 70.9 Å². The average molecular weight is 519 g/mol. The first-order chi connectivity index (χ1) is 16.0. The maximum absolute atomic E-state index is 11.9. The molecule has 0 bridgehead atoms. The number of ether oxygens (including phenoxy) is 3. The van der Waals surface area contributed by atoms with E-state index in [4.69, 9.17) is 37.4 Å². The molecule has 10 heteroatoms. The topological polar surface area (TPSA) is 94.2 Å². The van der Waals surface area contributed by atoms with Crippen molar-refractivity contribution in [3.05, 3.63) is 24.7 Å². The number of rotatable bonds is 0. The highest BCUT2D eigenvalue weighted by Gasteiger charge is 2.41. The van der Waals surface area contributed by atoms with E-state index in [-0.39, 0.29) is 28.6 Å². The first-order valence-electron chi connectivity index (χ1n) is 11.6. The highest BCUT2D eigenvalue weighted by Crippen LogP contribution is 2.33. The summed E-state index contributed by atoms with van der Waals surface area (Å²) in [6.45, 7) is 8.60. The van der Waals surface area contributed by atoms with Gasteiger partial charge in [-0.3, -0.25) is 9.59 Å². The summed E-state index contributed by atoms with van der Waals surface area (Å²) >= 11 is 9.53. The Kier molecular flexibility index (Phi) is 10.7. The highest BCUT2D eigenvalue weighted by atomic mass is 35.5. The molecule has 0 aliphatic carbocycles. The van der Waals surface area contributed by atoms with E-state index in [1.165, 1.54) is 18.4 Å². The molecule has 1 amide bonds. The van der Waals surface area contributed by atoms with Crippen molar-refractivity contribution in [2.45, 2.75) is 76.1 Å². The lowest BCUT2D eigenvalue weighted by atomic mass is 9.85. The molecule has 4 rings (SSSR count). The van der Waals surface area contributed by atoms with Gasteiger partial charge in [0.1, 0.15) is 16.8 Å². The summed E-state index contributed by atoms with van der Waals surface area (Å²) in [5.74, 6) is 0.292. The minimum absolute atomic E-state index is 0.0944. The van der Waals surface area contributed by atoms with Gasteiger partial charge in [-0.2, -0.15) is 0 Å². The van der Waals surface area contributed by atoms with Crippen molar-refractivity contribution in [3.8, 4) is 0 Å². The largest absolute Gasteiger partial charge is 0.494 e. The van der Waals surface area contributed by atoms with Gasteiger partial charge in [0.25, 0.3) is 0 Å². The molecule has 0 saturated carbocycles. The Morgan fingerprint density at radius 2 is 1.41 bits per heavy atom. The van der Waals surface area contributed by atoms with E-state index in [0.717, 1.165) is 25.9 Å². The molecule has 1 N–H and O–H groups in total. The van der Waals surface area contributed by atoms with Gasteiger partial charge in [0.2, 0.25) is 0 Å². The lowest BCUT2D eigenvalue weighted by Gasteiger charge is -2.41. The fraction of sp³-hybridized carbons (Fsp3) is 0.708. The van der Waals surface area contributed by atoms with Crippen LogP contribution in [0.4, 0.5) is 4.79 Å². The van der Waals surface area contributed by atoms with Crippen molar-refractivity contribution in [1.29, 1.82) is 0 Å². The average Bonchev–Trinajstić information content (AvgIpc) is 2.74. The van der Waals surface area contributed by atoms with Gasteiger partial charge < -0.3 is 24.4 Å². The van der Waals surface area contributed by atoms with E-state index in [2.05, 4.69) is 5.32 Å². The first kappa shape index (κ1) is 28.5. The zero-order valence-corrected chi connectivity index (χ0v) is 21.8. The second-order valence-electron chi connectivity index (χ2n) is 9.81. The first-order valence-corrected chi connectivity index (χ1v) is 12.6. The summed E-state index contributed by atoms with van der Waals surface area (Å²) in [5.41, 5.74) is -1.06. The molecular weight excluding hydrogens is 483 g/mol. The van der Waals surface area contributed by atoms with Gasteiger partial charge in [-0.1, -0.05) is 0 Å². The van der Waals surface area contributed by atoms with Crippen LogP contribution >= 0.6 is 23.2 Å². The summed E-state index contributed by atoms with van der Waals surface area (Å²) in [6.07, 6.45) is 9.93. The van der Waals surface area contributed by atoms with Gasteiger partial charge in [-0.25, -0.2) is 4.79 Å². The second-order valence-corrected chi connectivity index (χ2v) is 10.6. The number of halogens is 2. The van der Waals surface area contributed by atoms with Crippen molar-refractivity contribution >= 4 is 40.9 Å². The molecule has 8 nitrogen and oxygen atoms in total. The molecule has 0 atom stereocenters. The number of nitrogens with one attached hydrogen (secondary N) is 1. The molecule has 192 valence electrons. The minimum atomic E-state index is -0.480. The Balaban J connectivity index is 0.000000232. The van der Waals surface area contributed by atoms with Gasteiger partial charge in [0, 0.05) is 50.9 Å². The Bertz CT molecular complexity index is 764. The number of allylic oxidation sites excluding steroid dienone is 2. The fourth-order valence-electron chi connectivity index (χ4n) is 4.24.